The van der Waals surface area contributed by atoms with E-state index in [0.29, 0.717) is 16.7 Å². The van der Waals surface area contributed by atoms with E-state index < -0.39 is 0 Å². The molecule has 6 nitrogen and oxygen atoms in total. The van der Waals surface area contributed by atoms with Crippen molar-refractivity contribution in [2.45, 2.75) is 58.4 Å². The zero-order valence-electron chi connectivity index (χ0n) is 16.6. The van der Waals surface area contributed by atoms with Crippen LogP contribution in [0.5, 0.6) is 5.75 Å². The van der Waals surface area contributed by atoms with Crippen LogP contribution in [0.4, 0.5) is 5.13 Å². The Morgan fingerprint density at radius 1 is 1.29 bits per heavy atom. The van der Waals surface area contributed by atoms with E-state index in [9.17, 15) is 4.79 Å². The molecule has 1 aromatic carbocycles. The highest BCUT2D eigenvalue weighted by Gasteiger charge is 2.26. The quantitative estimate of drug-likeness (QED) is 0.647. The van der Waals surface area contributed by atoms with Crippen LogP contribution in [-0.4, -0.2) is 27.8 Å². The predicted octanol–water partition coefficient (Wildman–Crippen LogP) is 5.13. The van der Waals surface area contributed by atoms with Crippen LogP contribution in [0.25, 0.3) is 10.9 Å². The van der Waals surface area contributed by atoms with Gasteiger partial charge >= 0.3 is 0 Å². The number of anilines is 1. The molecule has 1 aliphatic carbocycles. The molecule has 0 bridgehead atoms. The second-order valence-electron chi connectivity index (χ2n) is 7.31. The van der Waals surface area contributed by atoms with E-state index in [2.05, 4.69) is 26.1 Å². The molecule has 0 unspecified atom stereocenters. The number of methoxy groups -OCH3 is 1. The number of amides is 1. The third-order valence-corrected chi connectivity index (χ3v) is 6.60. The van der Waals surface area contributed by atoms with Gasteiger partial charge in [-0.25, -0.2) is 0 Å². The molecule has 28 heavy (non-hydrogen) atoms. The number of nitrogens with zero attached hydrogens (tertiary/aromatic N) is 3. The van der Waals surface area contributed by atoms with Crippen molar-refractivity contribution in [3.8, 4) is 5.75 Å². The summed E-state index contributed by atoms with van der Waals surface area (Å²) < 4.78 is 7.79. The van der Waals surface area contributed by atoms with Gasteiger partial charge in [0.25, 0.3) is 5.91 Å². The monoisotopic (exact) mass is 398 g/mol. The number of ether oxygens (including phenoxy) is 1. The Labute approximate surface area is 168 Å². The van der Waals surface area contributed by atoms with E-state index in [1.54, 1.807) is 7.11 Å². The number of aryl methyl sites for hydroxylation is 1. The lowest BCUT2D eigenvalue weighted by Gasteiger charge is -2.26. The Hall–Kier alpha value is -2.41. The molecule has 1 saturated carbocycles. The number of carbonyl (C=O) groups is 1. The molecule has 0 radical (unpaired) electrons. The van der Waals surface area contributed by atoms with Gasteiger partial charge in [-0.2, -0.15) is 0 Å². The molecule has 0 spiro atoms. The maximum absolute atomic E-state index is 13.2. The first-order valence-electron chi connectivity index (χ1n) is 9.94. The Bertz CT molecular complexity index is 1000. The minimum absolute atomic E-state index is 0.135. The molecule has 1 fully saturated rings. The maximum Gasteiger partial charge on any atom is 0.259 e. The van der Waals surface area contributed by atoms with E-state index in [0.717, 1.165) is 46.6 Å². The van der Waals surface area contributed by atoms with E-state index >= 15 is 0 Å². The summed E-state index contributed by atoms with van der Waals surface area (Å²) >= 11 is 1.42. The fourth-order valence-corrected chi connectivity index (χ4v) is 4.93. The Kier molecular flexibility index (Phi) is 5.35. The van der Waals surface area contributed by atoms with Crippen LogP contribution in [0, 0.1) is 6.92 Å². The van der Waals surface area contributed by atoms with Crippen LogP contribution in [0.1, 0.15) is 66.1 Å². The molecule has 2 heterocycles. The Morgan fingerprint density at radius 2 is 2.07 bits per heavy atom. The van der Waals surface area contributed by atoms with Crippen LogP contribution in [-0.2, 0) is 6.42 Å². The largest absolute Gasteiger partial charge is 0.497 e. The summed E-state index contributed by atoms with van der Waals surface area (Å²) in [7, 11) is 1.65. The number of aromatic nitrogens is 3. The van der Waals surface area contributed by atoms with Gasteiger partial charge in [0.1, 0.15) is 10.8 Å². The Balaban J connectivity index is 1.79. The van der Waals surface area contributed by atoms with Gasteiger partial charge in [0.05, 0.1) is 12.7 Å². The molecule has 148 valence electrons. The normalized spacial score (nSPS) is 15.1. The molecule has 1 amide bonds. The summed E-state index contributed by atoms with van der Waals surface area (Å²) in [6.07, 6.45) is 6.91. The van der Waals surface area contributed by atoms with Crippen LogP contribution in [0.3, 0.4) is 0 Å². The standard InChI is InChI=1S/C21H26N4O2S/c1-4-18-23-24-21(28-18)22-20(26)19-13(2)25(14-8-6-5-7-9-14)17-11-10-15(27-3)12-16(17)19/h10-12,14H,4-9H2,1-3H3,(H,22,24,26). The van der Waals surface area contributed by atoms with Crippen LogP contribution >= 0.6 is 11.3 Å². The fourth-order valence-electron chi connectivity index (χ4n) is 4.25. The molecule has 1 aliphatic rings. The molecular weight excluding hydrogens is 372 g/mol. The minimum atomic E-state index is -0.135. The number of fused-ring (bicyclic) bond motifs is 1. The average Bonchev–Trinajstić information content (AvgIpc) is 3.29. The van der Waals surface area contributed by atoms with Crippen molar-refractivity contribution in [2.75, 3.05) is 12.4 Å². The summed E-state index contributed by atoms with van der Waals surface area (Å²) in [4.78, 5) is 13.2. The predicted molar refractivity (Wildman–Crippen MR) is 113 cm³/mol. The van der Waals surface area contributed by atoms with Crippen molar-refractivity contribution < 1.29 is 9.53 Å². The first-order valence-corrected chi connectivity index (χ1v) is 10.8. The van der Waals surface area contributed by atoms with Crippen molar-refractivity contribution in [1.29, 1.82) is 0 Å². The zero-order chi connectivity index (χ0) is 19.7. The van der Waals surface area contributed by atoms with E-state index in [1.807, 2.05) is 26.0 Å². The molecule has 1 N–H and O–H groups in total. The fraction of sp³-hybridized carbons (Fsp3) is 0.476. The van der Waals surface area contributed by atoms with Crippen LogP contribution in [0.15, 0.2) is 18.2 Å². The summed E-state index contributed by atoms with van der Waals surface area (Å²) in [6.45, 7) is 4.08. The lowest BCUT2D eigenvalue weighted by molar-refractivity contribution is 0.102. The van der Waals surface area contributed by atoms with Crippen molar-refractivity contribution >= 4 is 33.3 Å². The number of hydrogen-bond donors (Lipinski definition) is 1. The summed E-state index contributed by atoms with van der Waals surface area (Å²) in [5.41, 5.74) is 2.81. The lowest BCUT2D eigenvalue weighted by atomic mass is 9.95. The average molecular weight is 399 g/mol. The van der Waals surface area contributed by atoms with Crippen LogP contribution < -0.4 is 10.1 Å². The Morgan fingerprint density at radius 3 is 2.75 bits per heavy atom. The molecule has 0 saturated heterocycles. The third-order valence-electron chi connectivity index (χ3n) is 5.61. The topological polar surface area (TPSA) is 69.0 Å². The molecule has 3 aromatic rings. The third kappa shape index (κ3) is 3.39. The SMILES string of the molecule is CCc1nnc(NC(=O)c2c(C)n(C3CCCCC3)c3ccc(OC)cc23)s1. The van der Waals surface area contributed by atoms with Gasteiger partial charge < -0.3 is 9.30 Å². The maximum atomic E-state index is 13.2. The van der Waals surface area contributed by atoms with Gasteiger partial charge in [0.15, 0.2) is 0 Å². The van der Waals surface area contributed by atoms with Crippen molar-refractivity contribution in [3.63, 3.8) is 0 Å². The minimum Gasteiger partial charge on any atom is -0.497 e. The highest BCUT2D eigenvalue weighted by Crippen LogP contribution is 2.37. The lowest BCUT2D eigenvalue weighted by Crippen LogP contribution is -2.16. The summed E-state index contributed by atoms with van der Waals surface area (Å²) in [6, 6.07) is 6.46. The number of rotatable bonds is 5. The molecule has 0 aliphatic heterocycles. The van der Waals surface area contributed by atoms with E-state index in [4.69, 9.17) is 4.74 Å². The first-order chi connectivity index (χ1) is 13.6. The summed E-state index contributed by atoms with van der Waals surface area (Å²) in [5, 5.41) is 13.5. The number of hydrogen-bond acceptors (Lipinski definition) is 5. The van der Waals surface area contributed by atoms with Crippen molar-refractivity contribution in [1.82, 2.24) is 14.8 Å². The zero-order valence-corrected chi connectivity index (χ0v) is 17.4. The number of carbonyl (C=O) groups excluding carboxylic acids is 1. The molecule has 2 aromatic heterocycles. The van der Waals surface area contributed by atoms with Crippen molar-refractivity contribution in [2.24, 2.45) is 0 Å². The van der Waals surface area contributed by atoms with Crippen molar-refractivity contribution in [3.05, 3.63) is 34.5 Å². The van der Waals surface area contributed by atoms with Gasteiger partial charge in [-0.05, 0) is 44.4 Å². The second kappa shape index (κ2) is 7.91. The first kappa shape index (κ1) is 18.9. The van der Waals surface area contributed by atoms with Gasteiger partial charge in [0.2, 0.25) is 5.13 Å². The van der Waals surface area contributed by atoms with E-state index in [1.165, 1.54) is 30.6 Å². The number of nitrogens with one attached hydrogen (secondary N) is 1. The van der Waals surface area contributed by atoms with Crippen LogP contribution in [0.2, 0.25) is 0 Å². The molecule has 7 heteroatoms. The van der Waals surface area contributed by atoms with Gasteiger partial charge in [0, 0.05) is 22.6 Å². The summed E-state index contributed by atoms with van der Waals surface area (Å²) in [5.74, 6) is 0.621. The van der Waals surface area contributed by atoms with Gasteiger partial charge in [-0.1, -0.05) is 37.5 Å². The molecular formula is C21H26N4O2S. The van der Waals surface area contributed by atoms with Gasteiger partial charge in [-0.3, -0.25) is 10.1 Å². The smallest absolute Gasteiger partial charge is 0.259 e. The molecule has 0 atom stereocenters. The van der Waals surface area contributed by atoms with Gasteiger partial charge in [-0.15, -0.1) is 10.2 Å². The highest BCUT2D eigenvalue weighted by atomic mass is 32.1. The van der Waals surface area contributed by atoms with E-state index in [-0.39, 0.29) is 5.91 Å². The molecule has 4 rings (SSSR count). The highest BCUT2D eigenvalue weighted by molar-refractivity contribution is 7.15. The number of benzene rings is 1. The second-order valence-corrected chi connectivity index (χ2v) is 8.38.